The van der Waals surface area contributed by atoms with Crippen LogP contribution in [-0.4, -0.2) is 74.9 Å². The van der Waals surface area contributed by atoms with Gasteiger partial charge < -0.3 is 18.9 Å². The lowest BCUT2D eigenvalue weighted by molar-refractivity contribution is -0.870. The summed E-state index contributed by atoms with van der Waals surface area (Å²) < 4.78 is 34.1. The summed E-state index contributed by atoms with van der Waals surface area (Å²) in [7, 11) is 1.48. The highest BCUT2D eigenvalue weighted by molar-refractivity contribution is 7.47. The number of esters is 2. The van der Waals surface area contributed by atoms with Gasteiger partial charge in [-0.2, -0.15) is 0 Å². The highest BCUT2D eigenvalue weighted by Gasteiger charge is 2.27. The lowest BCUT2D eigenvalue weighted by atomic mass is 10.0. The maximum absolute atomic E-state index is 12.6. The van der Waals surface area contributed by atoms with Crippen LogP contribution in [0.15, 0.2) is 12.2 Å². The number of hydrogen-bond acceptors (Lipinski definition) is 7. The van der Waals surface area contributed by atoms with Crippen LogP contribution >= 0.6 is 7.82 Å². The Hall–Kier alpha value is -1.25. The zero-order valence-electron chi connectivity index (χ0n) is 36.7. The van der Waals surface area contributed by atoms with Crippen molar-refractivity contribution in [2.45, 2.75) is 219 Å². The van der Waals surface area contributed by atoms with Crippen molar-refractivity contribution in [1.82, 2.24) is 0 Å². The third kappa shape index (κ3) is 42.2. The molecule has 0 amide bonds. The Bertz CT molecular complexity index is 954. The van der Waals surface area contributed by atoms with Gasteiger partial charge >= 0.3 is 19.8 Å². The first kappa shape index (κ1) is 53.8. The fourth-order valence-electron chi connectivity index (χ4n) is 6.42. The number of likely N-dealkylation sites (N-methyl/N-ethyl adjacent to an activating group) is 1. The molecule has 0 saturated carbocycles. The average Bonchev–Trinajstić information content (AvgIpc) is 3.13. The molecule has 0 spiro atoms. The minimum absolute atomic E-state index is 0.0346. The summed E-state index contributed by atoms with van der Waals surface area (Å²) in [4.78, 5) is 35.1. The van der Waals surface area contributed by atoms with Crippen LogP contribution in [0.5, 0.6) is 0 Å². The maximum atomic E-state index is 12.6. The normalized spacial score (nSPS) is 13.6. The molecule has 0 aliphatic carbocycles. The van der Waals surface area contributed by atoms with Crippen molar-refractivity contribution in [2.24, 2.45) is 0 Å². The van der Waals surface area contributed by atoms with Gasteiger partial charge in [-0.05, 0) is 38.5 Å². The minimum atomic E-state index is -4.36. The number of carbonyl (C=O) groups excluding carboxylic acids is 2. The first-order valence-corrected chi connectivity index (χ1v) is 24.4. The lowest BCUT2D eigenvalue weighted by Gasteiger charge is -2.24. The Morgan fingerprint density at radius 3 is 1.35 bits per heavy atom. The van der Waals surface area contributed by atoms with E-state index >= 15 is 0 Å². The van der Waals surface area contributed by atoms with Gasteiger partial charge in [0.2, 0.25) is 0 Å². The van der Waals surface area contributed by atoms with Gasteiger partial charge in [0, 0.05) is 12.8 Å². The summed E-state index contributed by atoms with van der Waals surface area (Å²) >= 11 is 0. The van der Waals surface area contributed by atoms with Gasteiger partial charge in [0.1, 0.15) is 19.8 Å². The van der Waals surface area contributed by atoms with E-state index in [9.17, 15) is 19.0 Å². The number of nitrogens with zero attached hydrogens (tertiary/aromatic N) is 1. The quantitative estimate of drug-likeness (QED) is 0.0214. The molecule has 9 nitrogen and oxygen atoms in total. The minimum Gasteiger partial charge on any atom is -0.462 e. The van der Waals surface area contributed by atoms with Gasteiger partial charge in [-0.25, -0.2) is 4.57 Å². The topological polar surface area (TPSA) is 108 Å². The van der Waals surface area contributed by atoms with Crippen molar-refractivity contribution in [1.29, 1.82) is 0 Å². The molecule has 0 aliphatic heterocycles. The molecule has 0 aromatic heterocycles. The first-order chi connectivity index (χ1) is 26.5. The monoisotopic (exact) mass is 803 g/mol. The molecule has 2 atom stereocenters. The number of quaternary nitrogens is 1. The fourth-order valence-corrected chi connectivity index (χ4v) is 7.16. The number of ether oxygens (including phenoxy) is 2. The number of phosphoric ester groups is 1. The van der Waals surface area contributed by atoms with E-state index in [4.69, 9.17) is 18.5 Å². The maximum Gasteiger partial charge on any atom is 0.472 e. The molecule has 0 radical (unpaired) electrons. The van der Waals surface area contributed by atoms with Crippen LogP contribution in [0.2, 0.25) is 0 Å². The van der Waals surface area contributed by atoms with Crippen molar-refractivity contribution >= 4 is 19.8 Å². The second kappa shape index (κ2) is 38.3. The number of unbranched alkanes of at least 4 members (excludes halogenated alkanes) is 26. The summed E-state index contributed by atoms with van der Waals surface area (Å²) in [5, 5.41) is 0. The standard InChI is InChI=1S/C45H88NO8P/c1-6-8-10-12-14-15-16-17-18-19-20-21-22-23-24-25-26-27-28-29-30-31-32-34-36-38-45(48)54-43(41-51-44(47)37-35-33-13-11-9-7-2)42-53-55(49,50)52-40-39-46(3,4)5/h19-20,43H,6-18,21-42H2,1-5H3/p+1/b20-19-. The summed E-state index contributed by atoms with van der Waals surface area (Å²) in [6.07, 6.45) is 40.2. The van der Waals surface area contributed by atoms with Crippen LogP contribution < -0.4 is 0 Å². The van der Waals surface area contributed by atoms with Gasteiger partial charge in [-0.3, -0.25) is 18.6 Å². The zero-order valence-corrected chi connectivity index (χ0v) is 37.6. The fraction of sp³-hybridized carbons (Fsp3) is 0.911. The highest BCUT2D eigenvalue weighted by Crippen LogP contribution is 2.43. The van der Waals surface area contributed by atoms with Crippen LogP contribution in [-0.2, 0) is 32.7 Å². The van der Waals surface area contributed by atoms with Gasteiger partial charge in [-0.1, -0.05) is 174 Å². The number of hydrogen-bond donors (Lipinski definition) is 1. The van der Waals surface area contributed by atoms with Gasteiger partial charge in [0.15, 0.2) is 6.10 Å². The Kier molecular flexibility index (Phi) is 37.4. The van der Waals surface area contributed by atoms with Gasteiger partial charge in [0.05, 0.1) is 27.7 Å². The number of rotatable bonds is 42. The van der Waals surface area contributed by atoms with E-state index < -0.39 is 26.5 Å². The van der Waals surface area contributed by atoms with Crippen molar-refractivity contribution in [3.05, 3.63) is 12.2 Å². The molecule has 0 fully saturated rings. The molecule has 2 unspecified atom stereocenters. The lowest BCUT2D eigenvalue weighted by Crippen LogP contribution is -2.37. The second-order valence-corrected chi connectivity index (χ2v) is 18.2. The Labute approximate surface area is 339 Å². The molecular formula is C45H89NO8P+. The Morgan fingerprint density at radius 2 is 0.927 bits per heavy atom. The van der Waals surface area contributed by atoms with Crippen LogP contribution in [0.4, 0.5) is 0 Å². The van der Waals surface area contributed by atoms with E-state index in [2.05, 4.69) is 26.0 Å². The molecule has 55 heavy (non-hydrogen) atoms. The molecule has 0 aromatic carbocycles. The molecule has 326 valence electrons. The molecule has 10 heteroatoms. The summed E-state index contributed by atoms with van der Waals surface area (Å²) in [6, 6.07) is 0. The first-order valence-electron chi connectivity index (χ1n) is 22.9. The molecule has 0 rings (SSSR count). The summed E-state index contributed by atoms with van der Waals surface area (Å²) in [6.45, 7) is 4.37. The smallest absolute Gasteiger partial charge is 0.462 e. The van der Waals surface area contributed by atoms with E-state index in [1.54, 1.807) is 0 Å². The molecule has 0 bridgehead atoms. The van der Waals surface area contributed by atoms with Gasteiger partial charge in [-0.15, -0.1) is 0 Å². The van der Waals surface area contributed by atoms with Crippen LogP contribution in [0.3, 0.4) is 0 Å². The third-order valence-corrected chi connectivity index (χ3v) is 11.0. The zero-order chi connectivity index (χ0) is 40.7. The number of allylic oxidation sites excluding steroid dienone is 2. The van der Waals surface area contributed by atoms with Gasteiger partial charge in [0.25, 0.3) is 0 Å². The predicted molar refractivity (Wildman–Crippen MR) is 229 cm³/mol. The van der Waals surface area contributed by atoms with Crippen molar-refractivity contribution in [3.8, 4) is 0 Å². The Morgan fingerprint density at radius 1 is 0.545 bits per heavy atom. The van der Waals surface area contributed by atoms with Crippen molar-refractivity contribution in [3.63, 3.8) is 0 Å². The second-order valence-electron chi connectivity index (χ2n) is 16.8. The summed E-state index contributed by atoms with van der Waals surface area (Å²) in [5.41, 5.74) is 0. The van der Waals surface area contributed by atoms with E-state index in [0.717, 1.165) is 38.5 Å². The van der Waals surface area contributed by atoms with E-state index in [1.807, 2.05) is 21.1 Å². The summed E-state index contributed by atoms with van der Waals surface area (Å²) in [5.74, 6) is -0.800. The molecule has 0 aliphatic rings. The van der Waals surface area contributed by atoms with Crippen molar-refractivity contribution in [2.75, 3.05) is 47.5 Å². The van der Waals surface area contributed by atoms with Crippen LogP contribution in [0.25, 0.3) is 0 Å². The highest BCUT2D eigenvalue weighted by atomic mass is 31.2. The average molecular weight is 803 g/mol. The third-order valence-electron chi connectivity index (χ3n) is 10.0. The SMILES string of the molecule is CCCCCCCCCC/C=C\CCCCCCCCCCCCCCCC(=O)OC(COC(=O)CCCCCCCC)COP(=O)(O)OCC[N+](C)(C)C. The molecule has 0 heterocycles. The molecule has 0 aromatic rings. The van der Waals surface area contributed by atoms with Crippen LogP contribution in [0, 0.1) is 0 Å². The number of carbonyl (C=O) groups is 2. The predicted octanol–water partition coefficient (Wildman–Crippen LogP) is 13.0. The largest absolute Gasteiger partial charge is 0.472 e. The number of phosphoric acid groups is 1. The molecule has 0 saturated heterocycles. The van der Waals surface area contributed by atoms with Crippen LogP contribution in [0.1, 0.15) is 213 Å². The van der Waals surface area contributed by atoms with E-state index in [0.29, 0.717) is 17.4 Å². The Balaban J connectivity index is 4.04. The van der Waals surface area contributed by atoms with E-state index in [-0.39, 0.29) is 32.0 Å². The van der Waals surface area contributed by atoms with E-state index in [1.165, 1.54) is 141 Å². The molecular weight excluding hydrogens is 713 g/mol. The van der Waals surface area contributed by atoms with Crippen molar-refractivity contribution < 1.29 is 42.1 Å². The molecule has 1 N–H and O–H groups in total.